The number of nitrogens with one attached hydrogen (secondary N) is 2. The topological polar surface area (TPSA) is 41.1 Å². The van der Waals surface area contributed by atoms with E-state index in [4.69, 9.17) is 0 Å². The Morgan fingerprint density at radius 3 is 2.50 bits per heavy atom. The number of amides is 1. The van der Waals surface area contributed by atoms with E-state index >= 15 is 0 Å². The SMILES string of the molecule is CC(NC(=O)C1CCNC1)C(C)C1CCCCC1. The average Bonchev–Trinajstić information content (AvgIpc) is 2.92. The zero-order valence-electron chi connectivity index (χ0n) is 11.9. The lowest BCUT2D eigenvalue weighted by atomic mass is 9.78. The monoisotopic (exact) mass is 252 g/mol. The minimum absolute atomic E-state index is 0.200. The predicted molar refractivity (Wildman–Crippen MR) is 74.3 cm³/mol. The lowest BCUT2D eigenvalue weighted by molar-refractivity contribution is -0.125. The van der Waals surface area contributed by atoms with E-state index in [1.807, 2.05) is 0 Å². The van der Waals surface area contributed by atoms with Crippen LogP contribution in [0.4, 0.5) is 0 Å². The van der Waals surface area contributed by atoms with Gasteiger partial charge < -0.3 is 10.6 Å². The molecule has 2 aliphatic rings. The highest BCUT2D eigenvalue weighted by atomic mass is 16.2. The number of hydrogen-bond acceptors (Lipinski definition) is 2. The molecule has 1 heterocycles. The fraction of sp³-hybridized carbons (Fsp3) is 0.933. The van der Waals surface area contributed by atoms with Crippen molar-refractivity contribution < 1.29 is 4.79 Å². The van der Waals surface area contributed by atoms with E-state index in [2.05, 4.69) is 24.5 Å². The molecule has 2 N–H and O–H groups in total. The van der Waals surface area contributed by atoms with Crippen molar-refractivity contribution in [2.24, 2.45) is 17.8 Å². The molecule has 0 bridgehead atoms. The Labute approximate surface area is 111 Å². The van der Waals surface area contributed by atoms with Crippen molar-refractivity contribution in [2.45, 2.75) is 58.4 Å². The summed E-state index contributed by atoms with van der Waals surface area (Å²) in [6.07, 6.45) is 7.86. The molecule has 3 nitrogen and oxygen atoms in total. The van der Waals surface area contributed by atoms with Gasteiger partial charge in [0.25, 0.3) is 0 Å². The molecule has 0 radical (unpaired) electrons. The van der Waals surface area contributed by atoms with Gasteiger partial charge in [0, 0.05) is 12.6 Å². The van der Waals surface area contributed by atoms with E-state index < -0.39 is 0 Å². The van der Waals surface area contributed by atoms with Gasteiger partial charge in [0.15, 0.2) is 0 Å². The van der Waals surface area contributed by atoms with E-state index in [-0.39, 0.29) is 11.8 Å². The third-order valence-corrected chi connectivity index (χ3v) is 4.98. The minimum atomic E-state index is 0.200. The normalized spacial score (nSPS) is 28.9. The standard InChI is InChI=1S/C15H28N2O/c1-11(13-6-4-3-5-7-13)12(2)17-15(18)14-8-9-16-10-14/h11-14,16H,3-10H2,1-2H3,(H,17,18). The largest absolute Gasteiger partial charge is 0.353 e. The summed E-state index contributed by atoms with van der Waals surface area (Å²) in [5, 5.41) is 6.50. The van der Waals surface area contributed by atoms with Crippen LogP contribution in [0, 0.1) is 17.8 Å². The lowest BCUT2D eigenvalue weighted by Gasteiger charge is -2.32. The summed E-state index contributed by atoms with van der Waals surface area (Å²) in [7, 11) is 0. The van der Waals surface area contributed by atoms with Crippen LogP contribution in [0.15, 0.2) is 0 Å². The first-order valence-corrected chi connectivity index (χ1v) is 7.69. The van der Waals surface area contributed by atoms with Crippen LogP contribution in [0.3, 0.4) is 0 Å². The molecule has 0 aromatic carbocycles. The molecule has 0 aromatic heterocycles. The summed E-state index contributed by atoms with van der Waals surface area (Å²) < 4.78 is 0. The highest BCUT2D eigenvalue weighted by molar-refractivity contribution is 5.79. The van der Waals surface area contributed by atoms with Crippen LogP contribution in [0.2, 0.25) is 0 Å². The van der Waals surface area contributed by atoms with Gasteiger partial charge in [0.1, 0.15) is 0 Å². The van der Waals surface area contributed by atoms with Crippen LogP contribution in [-0.2, 0) is 4.79 Å². The second-order valence-corrected chi connectivity index (χ2v) is 6.24. The summed E-state index contributed by atoms with van der Waals surface area (Å²) in [6, 6.07) is 0.321. The maximum absolute atomic E-state index is 12.1. The molecule has 2 fully saturated rings. The third kappa shape index (κ3) is 3.47. The van der Waals surface area contributed by atoms with Crippen molar-refractivity contribution in [3.8, 4) is 0 Å². The first-order valence-electron chi connectivity index (χ1n) is 7.69. The lowest BCUT2D eigenvalue weighted by Crippen LogP contribution is -2.43. The van der Waals surface area contributed by atoms with Crippen LogP contribution in [-0.4, -0.2) is 25.0 Å². The van der Waals surface area contributed by atoms with Crippen LogP contribution in [0.1, 0.15) is 52.4 Å². The fourth-order valence-corrected chi connectivity index (χ4v) is 3.42. The van der Waals surface area contributed by atoms with Gasteiger partial charge in [-0.05, 0) is 31.7 Å². The molecular formula is C15H28N2O. The van der Waals surface area contributed by atoms with Crippen LogP contribution in [0.25, 0.3) is 0 Å². The van der Waals surface area contributed by atoms with Crippen molar-refractivity contribution in [3.63, 3.8) is 0 Å². The van der Waals surface area contributed by atoms with Gasteiger partial charge in [0.2, 0.25) is 5.91 Å². The van der Waals surface area contributed by atoms with Gasteiger partial charge in [-0.3, -0.25) is 4.79 Å². The second-order valence-electron chi connectivity index (χ2n) is 6.24. The molecule has 1 saturated carbocycles. The summed E-state index contributed by atoms with van der Waals surface area (Å²) >= 11 is 0. The minimum Gasteiger partial charge on any atom is -0.353 e. The van der Waals surface area contributed by atoms with E-state index in [0.29, 0.717) is 12.0 Å². The second kappa shape index (κ2) is 6.55. The molecule has 1 amide bonds. The molecule has 1 saturated heterocycles. The molecule has 3 atom stereocenters. The van der Waals surface area contributed by atoms with Gasteiger partial charge >= 0.3 is 0 Å². The predicted octanol–water partition coefficient (Wildman–Crippen LogP) is 2.32. The number of hydrogen-bond donors (Lipinski definition) is 2. The molecule has 0 spiro atoms. The molecule has 2 rings (SSSR count). The Kier molecular flexibility index (Phi) is 5.04. The van der Waals surface area contributed by atoms with Gasteiger partial charge in [-0.25, -0.2) is 0 Å². The Morgan fingerprint density at radius 1 is 1.17 bits per heavy atom. The van der Waals surface area contributed by atoms with Crippen molar-refractivity contribution in [1.29, 1.82) is 0 Å². The van der Waals surface area contributed by atoms with Gasteiger partial charge in [-0.2, -0.15) is 0 Å². The van der Waals surface area contributed by atoms with E-state index in [1.54, 1.807) is 0 Å². The van der Waals surface area contributed by atoms with Crippen LogP contribution >= 0.6 is 0 Å². The molecule has 1 aliphatic carbocycles. The summed E-state index contributed by atoms with van der Waals surface area (Å²) in [5.41, 5.74) is 0. The van der Waals surface area contributed by atoms with Crippen LogP contribution < -0.4 is 10.6 Å². The van der Waals surface area contributed by atoms with Crippen molar-refractivity contribution in [2.75, 3.05) is 13.1 Å². The Morgan fingerprint density at radius 2 is 1.89 bits per heavy atom. The first kappa shape index (κ1) is 13.9. The summed E-state index contributed by atoms with van der Waals surface area (Å²) in [5.74, 6) is 1.89. The number of carbonyl (C=O) groups excluding carboxylic acids is 1. The zero-order chi connectivity index (χ0) is 13.0. The maximum Gasteiger partial charge on any atom is 0.224 e. The Balaban J connectivity index is 1.78. The molecule has 3 heteroatoms. The summed E-state index contributed by atoms with van der Waals surface area (Å²) in [4.78, 5) is 12.1. The van der Waals surface area contributed by atoms with Gasteiger partial charge in [0.05, 0.1) is 5.92 Å². The molecular weight excluding hydrogens is 224 g/mol. The van der Waals surface area contributed by atoms with E-state index in [9.17, 15) is 4.79 Å². The van der Waals surface area contributed by atoms with Crippen LogP contribution in [0.5, 0.6) is 0 Å². The first-order chi connectivity index (χ1) is 8.68. The zero-order valence-corrected chi connectivity index (χ0v) is 11.9. The quantitative estimate of drug-likeness (QED) is 0.806. The number of rotatable bonds is 4. The van der Waals surface area contributed by atoms with E-state index in [0.717, 1.165) is 25.4 Å². The Hall–Kier alpha value is -0.570. The van der Waals surface area contributed by atoms with Gasteiger partial charge in [-0.15, -0.1) is 0 Å². The van der Waals surface area contributed by atoms with E-state index in [1.165, 1.54) is 32.1 Å². The smallest absolute Gasteiger partial charge is 0.224 e. The highest BCUT2D eigenvalue weighted by Crippen LogP contribution is 2.31. The van der Waals surface area contributed by atoms with Crippen molar-refractivity contribution in [3.05, 3.63) is 0 Å². The van der Waals surface area contributed by atoms with Crippen molar-refractivity contribution >= 4 is 5.91 Å². The molecule has 18 heavy (non-hydrogen) atoms. The molecule has 1 aliphatic heterocycles. The maximum atomic E-state index is 12.1. The molecule has 3 unspecified atom stereocenters. The molecule has 0 aromatic rings. The third-order valence-electron chi connectivity index (χ3n) is 4.98. The number of carbonyl (C=O) groups is 1. The van der Waals surface area contributed by atoms with Gasteiger partial charge in [-0.1, -0.05) is 39.0 Å². The summed E-state index contributed by atoms with van der Waals surface area (Å²) in [6.45, 7) is 6.34. The average molecular weight is 252 g/mol. The van der Waals surface area contributed by atoms with Crippen molar-refractivity contribution in [1.82, 2.24) is 10.6 Å². The molecule has 104 valence electrons. The fourth-order valence-electron chi connectivity index (χ4n) is 3.42. The Bertz CT molecular complexity index is 268. The highest BCUT2D eigenvalue weighted by Gasteiger charge is 2.28.